The monoisotopic (exact) mass is 414 g/mol. The van der Waals surface area contributed by atoms with Crippen LogP contribution in [0.25, 0.3) is 11.4 Å². The third kappa shape index (κ3) is 5.87. The third-order valence-corrected chi connectivity index (χ3v) is 5.34. The molecule has 0 aliphatic carbocycles. The van der Waals surface area contributed by atoms with Gasteiger partial charge in [-0.15, -0.1) is 10.2 Å². The van der Waals surface area contributed by atoms with Crippen LogP contribution in [-0.4, -0.2) is 40.1 Å². The summed E-state index contributed by atoms with van der Waals surface area (Å²) in [6, 6.07) is 11.4. The first-order valence-electron chi connectivity index (χ1n) is 9.70. The van der Waals surface area contributed by atoms with Gasteiger partial charge in [-0.3, -0.25) is 9.36 Å². The Kier molecular flexibility index (Phi) is 7.75. The number of benzene rings is 1. The van der Waals surface area contributed by atoms with E-state index in [2.05, 4.69) is 22.4 Å². The van der Waals surface area contributed by atoms with Gasteiger partial charge < -0.3 is 14.5 Å². The number of ether oxygens (including phenoxy) is 1. The van der Waals surface area contributed by atoms with E-state index >= 15 is 0 Å². The molecular formula is C21H26N4O3S. The zero-order chi connectivity index (χ0) is 20.5. The summed E-state index contributed by atoms with van der Waals surface area (Å²) in [7, 11) is 1.63. The van der Waals surface area contributed by atoms with Crippen LogP contribution in [0.15, 0.2) is 52.2 Å². The fourth-order valence-electron chi connectivity index (χ4n) is 2.86. The molecule has 0 saturated heterocycles. The maximum absolute atomic E-state index is 12.1. The van der Waals surface area contributed by atoms with Crippen LogP contribution in [0.5, 0.6) is 5.75 Å². The minimum absolute atomic E-state index is 0.00146. The maximum Gasteiger partial charge on any atom is 0.230 e. The van der Waals surface area contributed by atoms with Crippen molar-refractivity contribution in [1.29, 1.82) is 0 Å². The summed E-state index contributed by atoms with van der Waals surface area (Å²) in [6.07, 6.45) is 4.89. The highest BCUT2D eigenvalue weighted by Crippen LogP contribution is 2.27. The zero-order valence-corrected chi connectivity index (χ0v) is 17.6. The maximum atomic E-state index is 12.1. The molecule has 3 rings (SSSR count). The lowest BCUT2D eigenvalue weighted by atomic mass is 10.2. The molecular weight excluding hydrogens is 388 g/mol. The van der Waals surface area contributed by atoms with Gasteiger partial charge in [0.15, 0.2) is 11.0 Å². The van der Waals surface area contributed by atoms with Crippen LogP contribution in [0.2, 0.25) is 0 Å². The van der Waals surface area contributed by atoms with Crippen LogP contribution in [0, 0.1) is 0 Å². The minimum Gasteiger partial charge on any atom is -0.497 e. The predicted molar refractivity (Wildman–Crippen MR) is 113 cm³/mol. The largest absolute Gasteiger partial charge is 0.497 e. The standard InChI is InChI=1S/C21H26N4O3S/c1-3-4-5-11-22-19(26)15-29-21-24-23-20(16-8-6-9-17(13-16)27-2)25(21)14-18-10-7-12-28-18/h6-10,12-13H,3-5,11,14-15H2,1-2H3,(H,22,26). The van der Waals surface area contributed by atoms with Crippen molar-refractivity contribution in [2.75, 3.05) is 19.4 Å². The van der Waals surface area contributed by atoms with Crippen molar-refractivity contribution in [2.45, 2.75) is 37.9 Å². The summed E-state index contributed by atoms with van der Waals surface area (Å²) < 4.78 is 12.8. The van der Waals surface area contributed by atoms with Gasteiger partial charge in [-0.1, -0.05) is 43.7 Å². The van der Waals surface area contributed by atoms with Gasteiger partial charge in [0.2, 0.25) is 5.91 Å². The summed E-state index contributed by atoms with van der Waals surface area (Å²) >= 11 is 1.37. The molecule has 0 saturated carbocycles. The van der Waals surface area contributed by atoms with Crippen LogP contribution in [-0.2, 0) is 11.3 Å². The van der Waals surface area contributed by atoms with Gasteiger partial charge in [-0.25, -0.2) is 0 Å². The Morgan fingerprint density at radius 3 is 2.90 bits per heavy atom. The lowest BCUT2D eigenvalue weighted by molar-refractivity contribution is -0.118. The van der Waals surface area contributed by atoms with Crippen molar-refractivity contribution >= 4 is 17.7 Å². The lowest BCUT2D eigenvalue weighted by Crippen LogP contribution is -2.26. The second-order valence-electron chi connectivity index (χ2n) is 6.55. The highest BCUT2D eigenvalue weighted by atomic mass is 32.2. The van der Waals surface area contributed by atoms with E-state index in [0.29, 0.717) is 29.8 Å². The molecule has 29 heavy (non-hydrogen) atoms. The number of carbonyl (C=O) groups excluding carboxylic acids is 1. The zero-order valence-electron chi connectivity index (χ0n) is 16.8. The van der Waals surface area contributed by atoms with Gasteiger partial charge in [0.1, 0.15) is 11.5 Å². The smallest absolute Gasteiger partial charge is 0.230 e. The normalized spacial score (nSPS) is 10.8. The molecule has 0 unspecified atom stereocenters. The number of aromatic nitrogens is 3. The Bertz CT molecular complexity index is 909. The van der Waals surface area contributed by atoms with Crippen LogP contribution in [0.1, 0.15) is 31.9 Å². The van der Waals surface area contributed by atoms with E-state index < -0.39 is 0 Å². The summed E-state index contributed by atoms with van der Waals surface area (Å²) in [5.41, 5.74) is 0.888. The van der Waals surface area contributed by atoms with E-state index in [1.807, 2.05) is 41.0 Å². The van der Waals surface area contributed by atoms with Gasteiger partial charge in [0.25, 0.3) is 0 Å². The van der Waals surface area contributed by atoms with E-state index in [0.717, 1.165) is 36.3 Å². The Balaban J connectivity index is 1.76. The number of nitrogens with one attached hydrogen (secondary N) is 1. The summed E-state index contributed by atoms with van der Waals surface area (Å²) in [5.74, 6) is 2.53. The molecule has 3 aromatic rings. The second-order valence-corrected chi connectivity index (χ2v) is 7.49. The molecule has 1 N–H and O–H groups in total. The first-order chi connectivity index (χ1) is 14.2. The number of rotatable bonds is 11. The van der Waals surface area contributed by atoms with Crippen LogP contribution >= 0.6 is 11.8 Å². The molecule has 0 bridgehead atoms. The number of carbonyl (C=O) groups is 1. The summed E-state index contributed by atoms with van der Waals surface area (Å²) in [5, 5.41) is 12.3. The Labute approximate surface area is 174 Å². The van der Waals surface area contributed by atoms with E-state index in [1.165, 1.54) is 11.8 Å². The fourth-order valence-corrected chi connectivity index (χ4v) is 3.62. The lowest BCUT2D eigenvalue weighted by Gasteiger charge is -2.10. The number of methoxy groups -OCH3 is 1. The molecule has 2 heterocycles. The van der Waals surface area contributed by atoms with E-state index in [4.69, 9.17) is 9.15 Å². The highest BCUT2D eigenvalue weighted by molar-refractivity contribution is 7.99. The van der Waals surface area contributed by atoms with Crippen molar-refractivity contribution in [1.82, 2.24) is 20.1 Å². The molecule has 1 amide bonds. The van der Waals surface area contributed by atoms with Crippen molar-refractivity contribution in [3.63, 3.8) is 0 Å². The number of hydrogen-bond acceptors (Lipinski definition) is 6. The SMILES string of the molecule is CCCCCNC(=O)CSc1nnc(-c2cccc(OC)c2)n1Cc1ccco1. The van der Waals surface area contributed by atoms with Gasteiger partial charge in [-0.2, -0.15) is 0 Å². The molecule has 0 aliphatic heterocycles. The molecule has 0 fully saturated rings. The first kappa shape index (κ1) is 21.0. The molecule has 2 aromatic heterocycles. The molecule has 7 nitrogen and oxygen atoms in total. The quantitative estimate of drug-likeness (QED) is 0.377. The van der Waals surface area contributed by atoms with Crippen molar-refractivity contribution < 1.29 is 13.9 Å². The van der Waals surface area contributed by atoms with Crippen molar-refractivity contribution in [3.05, 3.63) is 48.4 Å². The summed E-state index contributed by atoms with van der Waals surface area (Å²) in [6.45, 7) is 3.33. The number of furan rings is 1. The van der Waals surface area contributed by atoms with Crippen LogP contribution in [0.3, 0.4) is 0 Å². The molecule has 0 aliphatic rings. The Hall–Kier alpha value is -2.74. The summed E-state index contributed by atoms with van der Waals surface area (Å²) in [4.78, 5) is 12.1. The second kappa shape index (κ2) is 10.7. The van der Waals surface area contributed by atoms with Crippen molar-refractivity contribution in [2.24, 2.45) is 0 Å². The molecule has 8 heteroatoms. The van der Waals surface area contributed by atoms with Crippen LogP contribution < -0.4 is 10.1 Å². The number of hydrogen-bond donors (Lipinski definition) is 1. The number of unbranched alkanes of at least 4 members (excludes halogenated alkanes) is 2. The van der Waals surface area contributed by atoms with Gasteiger partial charge in [-0.05, 0) is 30.7 Å². The molecule has 0 radical (unpaired) electrons. The average molecular weight is 415 g/mol. The Morgan fingerprint density at radius 2 is 2.14 bits per heavy atom. The topological polar surface area (TPSA) is 82.2 Å². The molecule has 0 spiro atoms. The number of thioether (sulfide) groups is 1. The van der Waals surface area contributed by atoms with E-state index in [1.54, 1.807) is 13.4 Å². The molecule has 0 atom stereocenters. The van der Waals surface area contributed by atoms with E-state index in [-0.39, 0.29) is 5.91 Å². The molecule has 154 valence electrons. The average Bonchev–Trinajstić information content (AvgIpc) is 3.40. The number of nitrogens with zero attached hydrogens (tertiary/aromatic N) is 3. The van der Waals surface area contributed by atoms with Gasteiger partial charge in [0, 0.05) is 12.1 Å². The fraction of sp³-hybridized carbons (Fsp3) is 0.381. The van der Waals surface area contributed by atoms with Gasteiger partial charge in [0.05, 0.1) is 25.7 Å². The predicted octanol–water partition coefficient (Wildman–Crippen LogP) is 3.99. The highest BCUT2D eigenvalue weighted by Gasteiger charge is 2.17. The Morgan fingerprint density at radius 1 is 1.24 bits per heavy atom. The van der Waals surface area contributed by atoms with E-state index in [9.17, 15) is 4.79 Å². The van der Waals surface area contributed by atoms with Gasteiger partial charge >= 0.3 is 0 Å². The van der Waals surface area contributed by atoms with Crippen molar-refractivity contribution in [3.8, 4) is 17.1 Å². The first-order valence-corrected chi connectivity index (χ1v) is 10.7. The van der Waals surface area contributed by atoms with Crippen LogP contribution in [0.4, 0.5) is 0 Å². The molecule has 1 aromatic carbocycles. The minimum atomic E-state index is 0.00146. The number of amides is 1. The third-order valence-electron chi connectivity index (χ3n) is 4.37.